The zero-order valence-electron chi connectivity index (χ0n) is 11.1. The molecule has 0 N–H and O–H groups in total. The molecule has 0 aliphatic carbocycles. The van der Waals surface area contributed by atoms with Crippen LogP contribution >= 0.6 is 27.5 Å². The number of likely N-dealkylation sites (tertiary alicyclic amines) is 1. The molecule has 1 aromatic rings. The predicted molar refractivity (Wildman–Crippen MR) is 84.2 cm³/mol. The lowest BCUT2D eigenvalue weighted by Gasteiger charge is -2.23. The molecule has 1 amide bonds. The summed E-state index contributed by atoms with van der Waals surface area (Å²) in [5.41, 5.74) is 0.651. The van der Waals surface area contributed by atoms with Gasteiger partial charge >= 0.3 is 0 Å². The highest BCUT2D eigenvalue weighted by Gasteiger charge is 2.31. The average molecular weight is 356 g/mol. The summed E-state index contributed by atoms with van der Waals surface area (Å²) < 4.78 is 0.804. The van der Waals surface area contributed by atoms with Crippen molar-refractivity contribution in [1.82, 2.24) is 9.80 Å². The second kappa shape index (κ2) is 5.88. The van der Waals surface area contributed by atoms with E-state index in [0.29, 0.717) is 16.6 Å². The number of carbonyl (C=O) groups is 1. The van der Waals surface area contributed by atoms with Crippen molar-refractivity contribution in [2.24, 2.45) is 0 Å². The molecular formula is C15H16BrClN2O. The Hall–Kier alpha value is -0.840. The molecule has 3 nitrogen and oxygen atoms in total. The van der Waals surface area contributed by atoms with Gasteiger partial charge in [0.1, 0.15) is 0 Å². The van der Waals surface area contributed by atoms with Gasteiger partial charge < -0.3 is 4.90 Å². The second-order valence-electron chi connectivity index (χ2n) is 5.24. The van der Waals surface area contributed by atoms with E-state index < -0.39 is 0 Å². The van der Waals surface area contributed by atoms with Crippen LogP contribution < -0.4 is 0 Å². The molecule has 3 rings (SSSR count). The maximum Gasteiger partial charge on any atom is 0.255 e. The third kappa shape index (κ3) is 2.78. The van der Waals surface area contributed by atoms with Crippen LogP contribution in [0.25, 0.3) is 0 Å². The van der Waals surface area contributed by atoms with E-state index in [1.54, 1.807) is 12.1 Å². The number of hydrogen-bond acceptors (Lipinski definition) is 2. The second-order valence-corrected chi connectivity index (χ2v) is 6.53. The van der Waals surface area contributed by atoms with Gasteiger partial charge in [-0.2, -0.15) is 0 Å². The summed E-state index contributed by atoms with van der Waals surface area (Å²) in [5.74, 6) is 0.0639. The minimum absolute atomic E-state index is 0.0639. The molecule has 0 saturated carbocycles. The fraction of sp³-hybridized carbons (Fsp3) is 0.400. The molecule has 0 aromatic heterocycles. The minimum Gasteiger partial charge on any atom is -0.337 e. The number of benzene rings is 1. The predicted octanol–water partition coefficient (Wildman–Crippen LogP) is 3.19. The largest absolute Gasteiger partial charge is 0.337 e. The molecule has 5 heteroatoms. The van der Waals surface area contributed by atoms with Crippen molar-refractivity contribution in [3.05, 3.63) is 45.4 Å². The number of halogens is 2. The highest BCUT2D eigenvalue weighted by Crippen LogP contribution is 2.25. The Kier molecular flexibility index (Phi) is 4.15. The van der Waals surface area contributed by atoms with Gasteiger partial charge in [-0.1, -0.05) is 23.8 Å². The summed E-state index contributed by atoms with van der Waals surface area (Å²) in [7, 11) is 0. The Morgan fingerprint density at radius 2 is 2.05 bits per heavy atom. The summed E-state index contributed by atoms with van der Waals surface area (Å²) in [5, 5.41) is 0.594. The number of amides is 1. The molecule has 1 atom stereocenters. The van der Waals surface area contributed by atoms with Crippen molar-refractivity contribution in [2.45, 2.75) is 12.5 Å². The summed E-state index contributed by atoms with van der Waals surface area (Å²) in [4.78, 5) is 16.9. The topological polar surface area (TPSA) is 23.6 Å². The highest BCUT2D eigenvalue weighted by atomic mass is 79.9. The number of nitrogens with zero attached hydrogens (tertiary/aromatic N) is 2. The lowest BCUT2D eigenvalue weighted by atomic mass is 10.2. The zero-order valence-corrected chi connectivity index (χ0v) is 13.4. The lowest BCUT2D eigenvalue weighted by Crippen LogP contribution is -2.37. The van der Waals surface area contributed by atoms with Gasteiger partial charge in [0, 0.05) is 41.7 Å². The first kappa shape index (κ1) is 14.1. The molecule has 1 saturated heterocycles. The van der Waals surface area contributed by atoms with Gasteiger partial charge in [-0.3, -0.25) is 9.69 Å². The van der Waals surface area contributed by atoms with Gasteiger partial charge in [-0.05, 0) is 40.5 Å². The number of hydrogen-bond donors (Lipinski definition) is 0. The van der Waals surface area contributed by atoms with Gasteiger partial charge in [-0.25, -0.2) is 0 Å². The third-order valence-electron chi connectivity index (χ3n) is 3.97. The van der Waals surface area contributed by atoms with Crippen LogP contribution in [0.15, 0.2) is 34.8 Å². The van der Waals surface area contributed by atoms with Crippen molar-refractivity contribution < 1.29 is 4.79 Å². The Morgan fingerprint density at radius 1 is 1.30 bits per heavy atom. The molecular weight excluding hydrogens is 340 g/mol. The SMILES string of the molecule is O=C(c1cc(Cl)ccc1Br)N1CC[C@H](N2CC=CC2)C1. The quantitative estimate of drug-likeness (QED) is 0.761. The van der Waals surface area contributed by atoms with Crippen molar-refractivity contribution in [1.29, 1.82) is 0 Å². The Bertz CT molecular complexity index is 553. The Balaban J connectivity index is 1.70. The average Bonchev–Trinajstić information content (AvgIpc) is 3.10. The summed E-state index contributed by atoms with van der Waals surface area (Å²) >= 11 is 9.42. The maximum atomic E-state index is 12.6. The molecule has 2 heterocycles. The van der Waals surface area contributed by atoms with Crippen LogP contribution in [0.2, 0.25) is 5.02 Å². The zero-order chi connectivity index (χ0) is 14.1. The van der Waals surface area contributed by atoms with E-state index in [1.807, 2.05) is 11.0 Å². The van der Waals surface area contributed by atoms with E-state index in [1.165, 1.54) is 0 Å². The minimum atomic E-state index is 0.0639. The van der Waals surface area contributed by atoms with Crippen molar-refractivity contribution in [3.8, 4) is 0 Å². The van der Waals surface area contributed by atoms with Crippen LogP contribution in [-0.2, 0) is 0 Å². The van der Waals surface area contributed by atoms with E-state index in [-0.39, 0.29) is 5.91 Å². The highest BCUT2D eigenvalue weighted by molar-refractivity contribution is 9.10. The van der Waals surface area contributed by atoms with E-state index in [0.717, 1.165) is 37.1 Å². The summed E-state index contributed by atoms with van der Waals surface area (Å²) in [6.07, 6.45) is 5.43. The molecule has 2 aliphatic rings. The molecule has 1 aromatic carbocycles. The Morgan fingerprint density at radius 3 is 2.80 bits per heavy atom. The first-order chi connectivity index (χ1) is 9.65. The van der Waals surface area contributed by atoms with Crippen LogP contribution in [0.1, 0.15) is 16.8 Å². The van der Waals surface area contributed by atoms with Gasteiger partial charge in [0.05, 0.1) is 5.56 Å². The number of carbonyl (C=O) groups excluding carboxylic acids is 1. The molecule has 0 radical (unpaired) electrons. The fourth-order valence-electron chi connectivity index (χ4n) is 2.85. The van der Waals surface area contributed by atoms with Crippen LogP contribution in [0, 0.1) is 0 Å². The van der Waals surface area contributed by atoms with Crippen LogP contribution in [-0.4, -0.2) is 47.9 Å². The smallest absolute Gasteiger partial charge is 0.255 e. The Labute approximate surface area is 132 Å². The molecule has 106 valence electrons. The van der Waals surface area contributed by atoms with Gasteiger partial charge in [0.15, 0.2) is 0 Å². The summed E-state index contributed by atoms with van der Waals surface area (Å²) in [6.45, 7) is 3.64. The van der Waals surface area contributed by atoms with Gasteiger partial charge in [-0.15, -0.1) is 0 Å². The van der Waals surface area contributed by atoms with E-state index in [2.05, 4.69) is 33.0 Å². The monoisotopic (exact) mass is 354 g/mol. The first-order valence-electron chi connectivity index (χ1n) is 6.78. The van der Waals surface area contributed by atoms with Crippen molar-refractivity contribution in [3.63, 3.8) is 0 Å². The van der Waals surface area contributed by atoms with E-state index >= 15 is 0 Å². The van der Waals surface area contributed by atoms with Gasteiger partial charge in [0.2, 0.25) is 0 Å². The van der Waals surface area contributed by atoms with E-state index in [4.69, 9.17) is 11.6 Å². The molecule has 0 bridgehead atoms. The normalized spacial score (nSPS) is 22.7. The lowest BCUT2D eigenvalue weighted by molar-refractivity contribution is 0.0780. The molecule has 20 heavy (non-hydrogen) atoms. The van der Waals surface area contributed by atoms with Crippen molar-refractivity contribution >= 4 is 33.4 Å². The third-order valence-corrected chi connectivity index (χ3v) is 4.90. The van der Waals surface area contributed by atoms with Crippen LogP contribution in [0.5, 0.6) is 0 Å². The summed E-state index contributed by atoms with van der Waals surface area (Å²) in [6, 6.07) is 5.82. The van der Waals surface area contributed by atoms with Crippen molar-refractivity contribution in [2.75, 3.05) is 26.2 Å². The molecule has 2 aliphatic heterocycles. The first-order valence-corrected chi connectivity index (χ1v) is 7.95. The molecule has 1 fully saturated rings. The van der Waals surface area contributed by atoms with Crippen LogP contribution in [0.3, 0.4) is 0 Å². The standard InChI is InChI=1S/C15H16BrClN2O/c16-14-4-3-11(17)9-13(14)15(20)19-8-5-12(10-19)18-6-1-2-7-18/h1-4,9,12H,5-8,10H2/t12-/m0/s1. The maximum absolute atomic E-state index is 12.6. The van der Waals surface area contributed by atoms with E-state index in [9.17, 15) is 4.79 Å². The fourth-order valence-corrected chi connectivity index (χ4v) is 3.44. The van der Waals surface area contributed by atoms with Crippen LogP contribution in [0.4, 0.5) is 0 Å². The molecule has 0 unspecified atom stereocenters. The number of rotatable bonds is 2. The molecule has 0 spiro atoms. The van der Waals surface area contributed by atoms with Gasteiger partial charge in [0.25, 0.3) is 5.91 Å².